The Balaban J connectivity index is 2.13. The molecule has 0 fully saturated rings. The van der Waals surface area contributed by atoms with E-state index in [4.69, 9.17) is 16.0 Å². The number of aryl methyl sites for hydroxylation is 4. The van der Waals surface area contributed by atoms with Crippen LogP contribution in [0, 0.1) is 20.8 Å². The van der Waals surface area contributed by atoms with Crippen molar-refractivity contribution in [1.82, 2.24) is 24.3 Å². The molecular formula is C13H16ClN5O. The van der Waals surface area contributed by atoms with Crippen LogP contribution in [0.15, 0.2) is 4.42 Å². The molecule has 3 aromatic heterocycles. The van der Waals surface area contributed by atoms with Gasteiger partial charge in [0.15, 0.2) is 5.65 Å². The number of fused-ring (bicyclic) bond motifs is 1. The molecule has 3 rings (SSSR count). The Kier molecular flexibility index (Phi) is 3.05. The molecule has 0 saturated heterocycles. The third kappa shape index (κ3) is 1.91. The normalized spacial score (nSPS) is 11.7. The van der Waals surface area contributed by atoms with Crippen LogP contribution in [0.3, 0.4) is 0 Å². The van der Waals surface area contributed by atoms with Crippen molar-refractivity contribution in [3.05, 3.63) is 28.9 Å². The highest BCUT2D eigenvalue weighted by atomic mass is 35.5. The van der Waals surface area contributed by atoms with Crippen LogP contribution >= 0.6 is 11.6 Å². The van der Waals surface area contributed by atoms with Crippen LogP contribution in [0.2, 0.25) is 0 Å². The number of alkyl halides is 1. The Bertz CT molecular complexity index is 763. The van der Waals surface area contributed by atoms with Crippen LogP contribution < -0.4 is 0 Å². The highest BCUT2D eigenvalue weighted by Gasteiger charge is 2.18. The molecule has 0 bridgehead atoms. The molecule has 0 aliphatic heterocycles. The Labute approximate surface area is 121 Å². The zero-order chi connectivity index (χ0) is 14.4. The largest absolute Gasteiger partial charge is 0.444 e. The lowest BCUT2D eigenvalue weighted by Gasteiger charge is -2.05. The number of rotatable bonds is 3. The van der Waals surface area contributed by atoms with Crippen LogP contribution in [0.1, 0.15) is 28.9 Å². The van der Waals surface area contributed by atoms with Gasteiger partial charge < -0.3 is 8.98 Å². The Morgan fingerprint density at radius 1 is 1.15 bits per heavy atom. The van der Waals surface area contributed by atoms with Gasteiger partial charge in [-0.15, -0.1) is 11.6 Å². The lowest BCUT2D eigenvalue weighted by Crippen LogP contribution is -2.07. The molecule has 0 spiro atoms. The summed E-state index contributed by atoms with van der Waals surface area (Å²) in [6.07, 6.45) is 0. The van der Waals surface area contributed by atoms with Crippen LogP contribution in [-0.4, -0.2) is 24.3 Å². The van der Waals surface area contributed by atoms with E-state index in [1.54, 1.807) is 0 Å². The molecule has 0 amide bonds. The predicted octanol–water partition coefficient (Wildman–Crippen LogP) is 2.47. The number of aromatic nitrogens is 5. The van der Waals surface area contributed by atoms with Crippen LogP contribution in [-0.2, 0) is 19.5 Å². The Morgan fingerprint density at radius 2 is 1.90 bits per heavy atom. The third-order valence-corrected chi connectivity index (χ3v) is 3.69. The monoisotopic (exact) mass is 293 g/mol. The molecule has 3 heterocycles. The van der Waals surface area contributed by atoms with Gasteiger partial charge in [0.25, 0.3) is 0 Å². The number of halogens is 1. The Morgan fingerprint density at radius 3 is 2.50 bits per heavy atom. The maximum atomic E-state index is 6.00. The smallest absolute Gasteiger partial charge is 0.214 e. The van der Waals surface area contributed by atoms with Crippen LogP contribution in [0.5, 0.6) is 0 Å². The molecule has 0 radical (unpaired) electrons. The van der Waals surface area contributed by atoms with E-state index < -0.39 is 0 Å². The molecule has 0 aliphatic carbocycles. The minimum Gasteiger partial charge on any atom is -0.444 e. The van der Waals surface area contributed by atoms with E-state index >= 15 is 0 Å². The summed E-state index contributed by atoms with van der Waals surface area (Å²) in [5, 5.41) is 4.39. The highest BCUT2D eigenvalue weighted by molar-refractivity contribution is 6.16. The van der Waals surface area contributed by atoms with E-state index in [-0.39, 0.29) is 0 Å². The zero-order valence-electron chi connectivity index (χ0n) is 11.9. The molecule has 3 aromatic rings. The first-order valence-corrected chi connectivity index (χ1v) is 6.92. The lowest BCUT2D eigenvalue weighted by atomic mass is 10.4. The molecule has 0 N–H and O–H groups in total. The molecule has 6 nitrogen and oxygen atoms in total. The second kappa shape index (κ2) is 4.63. The lowest BCUT2D eigenvalue weighted by molar-refractivity contribution is 0.455. The van der Waals surface area contributed by atoms with Crippen molar-refractivity contribution in [2.45, 2.75) is 33.2 Å². The van der Waals surface area contributed by atoms with Crippen LogP contribution in [0.25, 0.3) is 11.2 Å². The average molecular weight is 294 g/mol. The average Bonchev–Trinajstić information content (AvgIpc) is 2.99. The molecule has 0 unspecified atom stereocenters. The fourth-order valence-electron chi connectivity index (χ4n) is 2.39. The first-order chi connectivity index (χ1) is 9.51. The number of oxazole rings is 1. The van der Waals surface area contributed by atoms with E-state index in [9.17, 15) is 0 Å². The van der Waals surface area contributed by atoms with Gasteiger partial charge >= 0.3 is 0 Å². The van der Waals surface area contributed by atoms with Crippen molar-refractivity contribution < 1.29 is 4.42 Å². The summed E-state index contributed by atoms with van der Waals surface area (Å²) in [6, 6.07) is 0. The summed E-state index contributed by atoms with van der Waals surface area (Å²) in [6.45, 7) is 6.29. The molecular weight excluding hydrogens is 278 g/mol. The van der Waals surface area contributed by atoms with Crippen LogP contribution in [0.4, 0.5) is 0 Å². The van der Waals surface area contributed by atoms with E-state index in [0.717, 1.165) is 34.1 Å². The van der Waals surface area contributed by atoms with E-state index in [1.165, 1.54) is 0 Å². The quantitative estimate of drug-likeness (QED) is 0.696. The summed E-state index contributed by atoms with van der Waals surface area (Å²) < 4.78 is 9.47. The van der Waals surface area contributed by atoms with Gasteiger partial charge in [0.1, 0.15) is 23.6 Å². The van der Waals surface area contributed by atoms with Crippen molar-refractivity contribution >= 4 is 22.8 Å². The van der Waals surface area contributed by atoms with Gasteiger partial charge in [-0.05, 0) is 20.8 Å². The second-order valence-corrected chi connectivity index (χ2v) is 5.15. The standard InChI is InChI=1S/C13H16ClN5O/c1-7-9(3)20-11(15-7)6-19-10(5-14)16-12-8(2)17-18(4)13(12)19/h5-6H2,1-4H3. The molecule has 20 heavy (non-hydrogen) atoms. The Hall–Kier alpha value is -1.82. The molecule has 0 saturated carbocycles. The van der Waals surface area contributed by atoms with Crippen molar-refractivity contribution in [3.63, 3.8) is 0 Å². The molecule has 0 atom stereocenters. The topological polar surface area (TPSA) is 61.7 Å². The van der Waals surface area contributed by atoms with Gasteiger partial charge in [0, 0.05) is 7.05 Å². The van der Waals surface area contributed by atoms with Gasteiger partial charge in [0.05, 0.1) is 17.3 Å². The van der Waals surface area contributed by atoms with Gasteiger partial charge in [-0.1, -0.05) is 0 Å². The zero-order valence-corrected chi connectivity index (χ0v) is 12.7. The summed E-state index contributed by atoms with van der Waals surface area (Å²) in [5.41, 5.74) is 3.62. The van der Waals surface area contributed by atoms with E-state index in [2.05, 4.69) is 15.1 Å². The van der Waals surface area contributed by atoms with E-state index in [1.807, 2.05) is 37.1 Å². The first kappa shape index (κ1) is 13.2. The maximum absolute atomic E-state index is 6.00. The van der Waals surface area contributed by atoms with Crippen molar-refractivity contribution in [3.8, 4) is 0 Å². The molecule has 0 aliphatic rings. The minimum atomic E-state index is 0.340. The fraction of sp³-hybridized carbons (Fsp3) is 0.462. The SMILES string of the molecule is Cc1nc(Cn2c(CCl)nc3c(C)nn(C)c32)oc1C. The van der Waals surface area contributed by atoms with E-state index in [0.29, 0.717) is 18.3 Å². The minimum absolute atomic E-state index is 0.340. The van der Waals surface area contributed by atoms with Crippen molar-refractivity contribution in [1.29, 1.82) is 0 Å². The summed E-state index contributed by atoms with van der Waals surface area (Å²) in [7, 11) is 1.90. The molecule has 106 valence electrons. The first-order valence-electron chi connectivity index (χ1n) is 6.38. The molecule has 7 heteroatoms. The van der Waals surface area contributed by atoms with Gasteiger partial charge in [-0.25, -0.2) is 9.97 Å². The van der Waals surface area contributed by atoms with Crippen molar-refractivity contribution in [2.24, 2.45) is 7.05 Å². The number of hydrogen-bond donors (Lipinski definition) is 0. The van der Waals surface area contributed by atoms with Gasteiger partial charge in [-0.2, -0.15) is 5.10 Å². The highest BCUT2D eigenvalue weighted by Crippen LogP contribution is 2.21. The predicted molar refractivity (Wildman–Crippen MR) is 75.9 cm³/mol. The fourth-order valence-corrected chi connectivity index (χ4v) is 2.59. The summed E-state index contributed by atoms with van der Waals surface area (Å²) in [5.74, 6) is 2.63. The second-order valence-electron chi connectivity index (χ2n) is 4.88. The van der Waals surface area contributed by atoms with Gasteiger partial charge in [-0.3, -0.25) is 4.68 Å². The number of nitrogens with zero attached hydrogens (tertiary/aromatic N) is 5. The number of hydrogen-bond acceptors (Lipinski definition) is 4. The van der Waals surface area contributed by atoms with Gasteiger partial charge in [0.2, 0.25) is 5.89 Å². The van der Waals surface area contributed by atoms with Crippen molar-refractivity contribution in [2.75, 3.05) is 0 Å². The summed E-state index contributed by atoms with van der Waals surface area (Å²) in [4.78, 5) is 8.97. The molecule has 0 aromatic carbocycles. The summed E-state index contributed by atoms with van der Waals surface area (Å²) >= 11 is 6.00. The third-order valence-electron chi connectivity index (χ3n) is 3.45. The maximum Gasteiger partial charge on any atom is 0.214 e. The number of imidazole rings is 1.